The molecule has 1 rings (SSSR count). The highest BCUT2D eigenvalue weighted by molar-refractivity contribution is 5.46. The Balaban J connectivity index is 2.68. The molecule has 0 heterocycles. The maximum Gasteiger partial charge on any atom is 0.0343 e. The van der Waals surface area contributed by atoms with Gasteiger partial charge in [0.05, 0.1) is 0 Å². The maximum atomic E-state index is 5.41. The van der Waals surface area contributed by atoms with Crippen molar-refractivity contribution >= 4 is 5.69 Å². The van der Waals surface area contributed by atoms with Gasteiger partial charge in [-0.1, -0.05) is 26.0 Å². The van der Waals surface area contributed by atoms with E-state index >= 15 is 0 Å². The zero-order valence-corrected chi connectivity index (χ0v) is 8.38. The highest BCUT2D eigenvalue weighted by atomic mass is 14.9. The molecule has 0 saturated carbocycles. The molecule has 1 aromatic carbocycles. The molecule has 2 heteroatoms. The minimum atomic E-state index is 0.583. The van der Waals surface area contributed by atoms with Crippen LogP contribution in [0.25, 0.3) is 0 Å². The number of benzene rings is 1. The zero-order chi connectivity index (χ0) is 9.68. The Morgan fingerprint density at radius 1 is 1.38 bits per heavy atom. The van der Waals surface area contributed by atoms with Gasteiger partial charge in [0.2, 0.25) is 0 Å². The number of rotatable bonds is 4. The standard InChI is InChI=1S/C11H18N2/c1-9(2)10-4-3-5-11(8-10)13-7-6-12/h3-5,8-9,13H,6-7,12H2,1-2H3. The van der Waals surface area contributed by atoms with Crippen LogP contribution in [0.15, 0.2) is 24.3 Å². The lowest BCUT2D eigenvalue weighted by Crippen LogP contribution is -2.13. The Labute approximate surface area is 80.1 Å². The first-order valence-corrected chi connectivity index (χ1v) is 4.78. The van der Waals surface area contributed by atoms with Gasteiger partial charge in [-0.2, -0.15) is 0 Å². The Kier molecular flexibility index (Phi) is 3.77. The van der Waals surface area contributed by atoms with Crippen LogP contribution in [0.3, 0.4) is 0 Å². The van der Waals surface area contributed by atoms with Crippen molar-refractivity contribution in [3.63, 3.8) is 0 Å². The molecule has 0 bridgehead atoms. The molecule has 1 aromatic rings. The second kappa shape index (κ2) is 4.87. The quantitative estimate of drug-likeness (QED) is 0.741. The molecule has 0 radical (unpaired) electrons. The van der Waals surface area contributed by atoms with Gasteiger partial charge in [-0.15, -0.1) is 0 Å². The molecular weight excluding hydrogens is 160 g/mol. The Hall–Kier alpha value is -1.02. The number of nitrogens with one attached hydrogen (secondary N) is 1. The monoisotopic (exact) mass is 178 g/mol. The summed E-state index contributed by atoms with van der Waals surface area (Å²) in [5.41, 5.74) is 7.94. The van der Waals surface area contributed by atoms with Gasteiger partial charge in [0.15, 0.2) is 0 Å². The molecular formula is C11H18N2. The molecule has 0 atom stereocenters. The summed E-state index contributed by atoms with van der Waals surface area (Å²) in [6, 6.07) is 8.48. The summed E-state index contributed by atoms with van der Waals surface area (Å²) >= 11 is 0. The third kappa shape index (κ3) is 3.07. The van der Waals surface area contributed by atoms with Gasteiger partial charge in [-0.25, -0.2) is 0 Å². The highest BCUT2D eigenvalue weighted by Crippen LogP contribution is 2.17. The van der Waals surface area contributed by atoms with Crippen molar-refractivity contribution in [3.05, 3.63) is 29.8 Å². The summed E-state index contributed by atoms with van der Waals surface area (Å²) < 4.78 is 0. The van der Waals surface area contributed by atoms with Gasteiger partial charge in [0.1, 0.15) is 0 Å². The molecule has 3 N–H and O–H groups in total. The molecule has 2 nitrogen and oxygen atoms in total. The van der Waals surface area contributed by atoms with Crippen molar-refractivity contribution in [1.82, 2.24) is 0 Å². The largest absolute Gasteiger partial charge is 0.384 e. The molecule has 13 heavy (non-hydrogen) atoms. The van der Waals surface area contributed by atoms with Crippen molar-refractivity contribution in [1.29, 1.82) is 0 Å². The molecule has 0 aliphatic rings. The summed E-state index contributed by atoms with van der Waals surface area (Å²) in [4.78, 5) is 0. The molecule has 0 aliphatic carbocycles. The van der Waals surface area contributed by atoms with E-state index in [1.54, 1.807) is 0 Å². The van der Waals surface area contributed by atoms with E-state index in [0.717, 1.165) is 12.2 Å². The average Bonchev–Trinajstić information content (AvgIpc) is 2.15. The van der Waals surface area contributed by atoms with Crippen molar-refractivity contribution in [2.75, 3.05) is 18.4 Å². The normalized spacial score (nSPS) is 10.5. The Morgan fingerprint density at radius 2 is 2.15 bits per heavy atom. The minimum Gasteiger partial charge on any atom is -0.384 e. The fraction of sp³-hybridized carbons (Fsp3) is 0.455. The summed E-state index contributed by atoms with van der Waals surface area (Å²) in [6.45, 7) is 5.90. The first kappa shape index (κ1) is 10.1. The molecule has 0 saturated heterocycles. The fourth-order valence-corrected chi connectivity index (χ4v) is 1.22. The third-order valence-corrected chi connectivity index (χ3v) is 2.03. The van der Waals surface area contributed by atoms with Crippen molar-refractivity contribution in [2.45, 2.75) is 19.8 Å². The van der Waals surface area contributed by atoms with E-state index in [2.05, 4.69) is 43.4 Å². The van der Waals surface area contributed by atoms with E-state index in [4.69, 9.17) is 5.73 Å². The van der Waals surface area contributed by atoms with Gasteiger partial charge in [0, 0.05) is 18.8 Å². The van der Waals surface area contributed by atoms with E-state index in [1.807, 2.05) is 0 Å². The number of nitrogens with two attached hydrogens (primary N) is 1. The van der Waals surface area contributed by atoms with Crippen LogP contribution in [0.5, 0.6) is 0 Å². The van der Waals surface area contributed by atoms with Crippen LogP contribution in [0, 0.1) is 0 Å². The van der Waals surface area contributed by atoms with E-state index in [9.17, 15) is 0 Å². The molecule has 0 spiro atoms. The summed E-state index contributed by atoms with van der Waals surface area (Å²) in [7, 11) is 0. The van der Waals surface area contributed by atoms with E-state index in [0.29, 0.717) is 12.5 Å². The topological polar surface area (TPSA) is 38.0 Å². The highest BCUT2D eigenvalue weighted by Gasteiger charge is 1.98. The molecule has 0 unspecified atom stereocenters. The van der Waals surface area contributed by atoms with Crippen LogP contribution >= 0.6 is 0 Å². The van der Waals surface area contributed by atoms with E-state index in [1.165, 1.54) is 5.56 Å². The van der Waals surface area contributed by atoms with Crippen LogP contribution in [0.4, 0.5) is 5.69 Å². The van der Waals surface area contributed by atoms with Gasteiger partial charge in [-0.3, -0.25) is 0 Å². The Morgan fingerprint density at radius 3 is 2.77 bits per heavy atom. The van der Waals surface area contributed by atoms with E-state index < -0.39 is 0 Å². The van der Waals surface area contributed by atoms with Crippen LogP contribution < -0.4 is 11.1 Å². The van der Waals surface area contributed by atoms with Crippen molar-refractivity contribution in [2.24, 2.45) is 5.73 Å². The van der Waals surface area contributed by atoms with Gasteiger partial charge >= 0.3 is 0 Å². The minimum absolute atomic E-state index is 0.583. The molecule has 0 aliphatic heterocycles. The number of anilines is 1. The SMILES string of the molecule is CC(C)c1cccc(NCCN)c1. The molecule has 0 aromatic heterocycles. The summed E-state index contributed by atoms with van der Waals surface area (Å²) in [5.74, 6) is 0.583. The third-order valence-electron chi connectivity index (χ3n) is 2.03. The lowest BCUT2D eigenvalue weighted by Gasteiger charge is -2.09. The first-order chi connectivity index (χ1) is 6.24. The van der Waals surface area contributed by atoms with Crippen LogP contribution in [0.2, 0.25) is 0 Å². The summed E-state index contributed by atoms with van der Waals surface area (Å²) in [5, 5.41) is 3.26. The number of hydrogen-bond donors (Lipinski definition) is 2. The van der Waals surface area contributed by atoms with Crippen LogP contribution in [-0.4, -0.2) is 13.1 Å². The second-order valence-electron chi connectivity index (χ2n) is 3.50. The predicted octanol–water partition coefficient (Wildman–Crippen LogP) is 2.18. The molecule has 0 fully saturated rings. The second-order valence-corrected chi connectivity index (χ2v) is 3.50. The van der Waals surface area contributed by atoms with Crippen LogP contribution in [0.1, 0.15) is 25.3 Å². The van der Waals surface area contributed by atoms with E-state index in [-0.39, 0.29) is 0 Å². The van der Waals surface area contributed by atoms with Gasteiger partial charge in [-0.05, 0) is 23.6 Å². The lowest BCUT2D eigenvalue weighted by atomic mass is 10.0. The predicted molar refractivity (Wildman–Crippen MR) is 58.1 cm³/mol. The lowest BCUT2D eigenvalue weighted by molar-refractivity contribution is 0.866. The van der Waals surface area contributed by atoms with Crippen molar-refractivity contribution in [3.8, 4) is 0 Å². The Bertz CT molecular complexity index is 256. The summed E-state index contributed by atoms with van der Waals surface area (Å²) in [6.07, 6.45) is 0. The maximum absolute atomic E-state index is 5.41. The van der Waals surface area contributed by atoms with Crippen LogP contribution in [-0.2, 0) is 0 Å². The average molecular weight is 178 g/mol. The fourth-order valence-electron chi connectivity index (χ4n) is 1.22. The van der Waals surface area contributed by atoms with Crippen molar-refractivity contribution < 1.29 is 0 Å². The van der Waals surface area contributed by atoms with Gasteiger partial charge < -0.3 is 11.1 Å². The zero-order valence-electron chi connectivity index (χ0n) is 8.38. The van der Waals surface area contributed by atoms with Gasteiger partial charge in [0.25, 0.3) is 0 Å². The molecule has 0 amide bonds. The smallest absolute Gasteiger partial charge is 0.0343 e. The molecule has 72 valence electrons. The number of hydrogen-bond acceptors (Lipinski definition) is 2. The first-order valence-electron chi connectivity index (χ1n) is 4.78.